The first-order chi connectivity index (χ1) is 8.99. The van der Waals surface area contributed by atoms with Gasteiger partial charge in [-0.05, 0) is 18.9 Å². The lowest BCUT2D eigenvalue weighted by Crippen LogP contribution is -2.18. The number of hydrogen-bond donors (Lipinski definition) is 3. The van der Waals surface area contributed by atoms with Crippen LogP contribution in [0.15, 0.2) is 10.9 Å². The Bertz CT molecular complexity index is 719. The molecule has 100 valence electrons. The van der Waals surface area contributed by atoms with Gasteiger partial charge in [0.2, 0.25) is 0 Å². The highest BCUT2D eigenvalue weighted by Gasteiger charge is 2.20. The van der Waals surface area contributed by atoms with Crippen molar-refractivity contribution < 1.29 is 15.0 Å². The summed E-state index contributed by atoms with van der Waals surface area (Å²) < 4.78 is 0. The molecule has 0 radical (unpaired) electrons. The van der Waals surface area contributed by atoms with Crippen molar-refractivity contribution in [1.82, 2.24) is 9.97 Å². The molecule has 0 saturated heterocycles. The minimum Gasteiger partial charge on any atom is -0.506 e. The third-order valence-electron chi connectivity index (χ3n) is 3.01. The normalized spacial score (nSPS) is 10.8. The number of carboxylic acid groups (broad SMARTS) is 1. The summed E-state index contributed by atoms with van der Waals surface area (Å²) in [5, 5.41) is 19.3. The number of aromatic amines is 1. The molecule has 0 spiro atoms. The fraction of sp³-hybridized carbons (Fsp3) is 0.308. The third kappa shape index (κ3) is 2.05. The van der Waals surface area contributed by atoms with Gasteiger partial charge in [-0.1, -0.05) is 13.8 Å². The summed E-state index contributed by atoms with van der Waals surface area (Å²) in [6.45, 7) is 3.78. The van der Waals surface area contributed by atoms with Crippen molar-refractivity contribution >= 4 is 16.9 Å². The first-order valence-electron chi connectivity index (χ1n) is 6.00. The molecule has 6 heteroatoms. The average Bonchev–Trinajstić information content (AvgIpc) is 2.36. The molecule has 0 unspecified atom stereocenters. The van der Waals surface area contributed by atoms with E-state index in [4.69, 9.17) is 5.11 Å². The summed E-state index contributed by atoms with van der Waals surface area (Å²) in [5.74, 6) is -1.97. The predicted molar refractivity (Wildman–Crippen MR) is 69.7 cm³/mol. The van der Waals surface area contributed by atoms with Crippen LogP contribution in [0.25, 0.3) is 10.9 Å². The molecule has 2 heterocycles. The van der Waals surface area contributed by atoms with Crippen molar-refractivity contribution in [2.75, 3.05) is 0 Å². The van der Waals surface area contributed by atoms with Crippen LogP contribution in [-0.4, -0.2) is 26.2 Å². The van der Waals surface area contributed by atoms with Gasteiger partial charge in [0.1, 0.15) is 5.75 Å². The van der Waals surface area contributed by atoms with Crippen LogP contribution >= 0.6 is 0 Å². The number of nitrogens with one attached hydrogen (secondary N) is 1. The van der Waals surface area contributed by atoms with E-state index in [0.717, 1.165) is 5.69 Å². The van der Waals surface area contributed by atoms with Crippen LogP contribution < -0.4 is 5.56 Å². The predicted octanol–water partition coefficient (Wildman–Crippen LogP) is 1.45. The molecule has 2 rings (SSSR count). The molecular weight excluding hydrogens is 248 g/mol. The van der Waals surface area contributed by atoms with Crippen molar-refractivity contribution in [3.8, 4) is 5.75 Å². The van der Waals surface area contributed by atoms with Gasteiger partial charge in [-0.2, -0.15) is 0 Å². The van der Waals surface area contributed by atoms with E-state index in [9.17, 15) is 14.7 Å². The number of fused-ring (bicyclic) bond motifs is 1. The minimum atomic E-state index is -1.46. The lowest BCUT2D eigenvalue weighted by Gasteiger charge is -2.10. The lowest BCUT2D eigenvalue weighted by molar-refractivity contribution is 0.0692. The van der Waals surface area contributed by atoms with Gasteiger partial charge < -0.3 is 15.2 Å². The van der Waals surface area contributed by atoms with E-state index in [2.05, 4.69) is 9.97 Å². The Balaban J connectivity index is 2.96. The number of aromatic hydroxyl groups is 1. The van der Waals surface area contributed by atoms with Crippen molar-refractivity contribution in [3.05, 3.63) is 33.4 Å². The monoisotopic (exact) mass is 262 g/mol. The Morgan fingerprint density at radius 3 is 2.58 bits per heavy atom. The van der Waals surface area contributed by atoms with Crippen molar-refractivity contribution in [2.24, 2.45) is 0 Å². The highest BCUT2D eigenvalue weighted by molar-refractivity contribution is 5.99. The molecule has 0 fully saturated rings. The van der Waals surface area contributed by atoms with Crippen LogP contribution in [0.5, 0.6) is 5.75 Å². The molecule has 0 atom stereocenters. The van der Waals surface area contributed by atoms with E-state index >= 15 is 0 Å². The maximum absolute atomic E-state index is 11.7. The molecule has 19 heavy (non-hydrogen) atoms. The van der Waals surface area contributed by atoms with E-state index in [1.807, 2.05) is 13.8 Å². The molecule has 3 N–H and O–H groups in total. The van der Waals surface area contributed by atoms with E-state index < -0.39 is 22.8 Å². The number of carboxylic acids is 1. The molecule has 0 aliphatic heterocycles. The second-order valence-corrected chi connectivity index (χ2v) is 4.17. The average molecular weight is 262 g/mol. The number of hydrogen-bond acceptors (Lipinski definition) is 4. The van der Waals surface area contributed by atoms with Gasteiger partial charge in [0, 0.05) is 5.69 Å². The van der Waals surface area contributed by atoms with Crippen molar-refractivity contribution in [3.63, 3.8) is 0 Å². The van der Waals surface area contributed by atoms with Gasteiger partial charge in [0.05, 0.1) is 16.6 Å². The number of rotatable bonds is 3. The maximum atomic E-state index is 11.7. The molecule has 6 nitrogen and oxygen atoms in total. The standard InChI is InChI=1S/C13H14N2O4/c1-3-6-5-8-9(7(4-2)14-6)11(16)10(13(18)19)12(17)15-8/h5H,3-4H2,1-2H3,(H,18,19)(H2,15,16,17). The number of pyridine rings is 2. The topological polar surface area (TPSA) is 103 Å². The molecule has 0 aromatic carbocycles. The van der Waals surface area contributed by atoms with Gasteiger partial charge in [0.25, 0.3) is 5.56 Å². The van der Waals surface area contributed by atoms with E-state index in [1.54, 1.807) is 6.07 Å². The van der Waals surface area contributed by atoms with Crippen molar-refractivity contribution in [1.29, 1.82) is 0 Å². The minimum absolute atomic E-state index is 0.303. The van der Waals surface area contributed by atoms with Gasteiger partial charge in [-0.25, -0.2) is 4.79 Å². The Labute approximate surface area is 108 Å². The summed E-state index contributed by atoms with van der Waals surface area (Å²) in [6.07, 6.45) is 1.22. The first-order valence-corrected chi connectivity index (χ1v) is 6.00. The van der Waals surface area contributed by atoms with Crippen LogP contribution in [0.1, 0.15) is 35.6 Å². The summed E-state index contributed by atoms with van der Waals surface area (Å²) in [4.78, 5) is 29.5. The van der Waals surface area contributed by atoms with Gasteiger partial charge in [-0.3, -0.25) is 9.78 Å². The largest absolute Gasteiger partial charge is 0.506 e. The molecular formula is C13H14N2O4. The van der Waals surface area contributed by atoms with Crippen LogP contribution in [-0.2, 0) is 12.8 Å². The molecule has 0 bridgehead atoms. The summed E-state index contributed by atoms with van der Waals surface area (Å²) in [6, 6.07) is 1.65. The fourth-order valence-electron chi connectivity index (χ4n) is 2.07. The fourth-order valence-corrected chi connectivity index (χ4v) is 2.07. The first kappa shape index (κ1) is 13.1. The van der Waals surface area contributed by atoms with Crippen LogP contribution in [0.2, 0.25) is 0 Å². The lowest BCUT2D eigenvalue weighted by atomic mass is 10.1. The van der Waals surface area contributed by atoms with E-state index in [1.165, 1.54) is 0 Å². The van der Waals surface area contributed by atoms with Crippen molar-refractivity contribution in [2.45, 2.75) is 26.7 Å². The van der Waals surface area contributed by atoms with Gasteiger partial charge in [-0.15, -0.1) is 0 Å². The molecule has 2 aromatic rings. The third-order valence-corrected chi connectivity index (χ3v) is 3.01. The quantitative estimate of drug-likeness (QED) is 0.776. The van der Waals surface area contributed by atoms with Crippen LogP contribution in [0, 0.1) is 0 Å². The van der Waals surface area contributed by atoms with Crippen LogP contribution in [0.4, 0.5) is 0 Å². The van der Waals surface area contributed by atoms with Crippen LogP contribution in [0.3, 0.4) is 0 Å². The van der Waals surface area contributed by atoms with Gasteiger partial charge in [0.15, 0.2) is 5.56 Å². The maximum Gasteiger partial charge on any atom is 0.345 e. The number of aryl methyl sites for hydroxylation is 2. The second-order valence-electron chi connectivity index (χ2n) is 4.17. The highest BCUT2D eigenvalue weighted by atomic mass is 16.4. The Kier molecular flexibility index (Phi) is 3.25. The molecule has 0 amide bonds. The summed E-state index contributed by atoms with van der Waals surface area (Å²) in [7, 11) is 0. The molecule has 0 aliphatic carbocycles. The SMILES string of the molecule is CCc1cc2[nH]c(=O)c(C(=O)O)c(O)c2c(CC)n1. The van der Waals surface area contributed by atoms with Gasteiger partial charge >= 0.3 is 5.97 Å². The molecule has 2 aromatic heterocycles. The Hall–Kier alpha value is -2.37. The highest BCUT2D eigenvalue weighted by Crippen LogP contribution is 2.28. The molecule has 0 aliphatic rings. The van der Waals surface area contributed by atoms with E-state index in [-0.39, 0.29) is 0 Å². The zero-order valence-electron chi connectivity index (χ0n) is 10.6. The molecule has 0 saturated carbocycles. The number of nitrogens with zero attached hydrogens (tertiary/aromatic N) is 1. The smallest absolute Gasteiger partial charge is 0.345 e. The van der Waals surface area contributed by atoms with E-state index in [0.29, 0.717) is 29.4 Å². The Morgan fingerprint density at radius 2 is 2.05 bits per heavy atom. The zero-order chi connectivity index (χ0) is 14.2. The second kappa shape index (κ2) is 4.72. The zero-order valence-corrected chi connectivity index (χ0v) is 10.6. The number of aromatic carboxylic acids is 1. The number of aromatic nitrogens is 2. The number of H-pyrrole nitrogens is 1. The summed E-state index contributed by atoms with van der Waals surface area (Å²) >= 11 is 0. The number of carbonyl (C=O) groups is 1. The summed E-state index contributed by atoms with van der Waals surface area (Å²) in [5.41, 5.74) is 0.310. The Morgan fingerprint density at radius 1 is 1.37 bits per heavy atom.